The molecule has 1 saturated heterocycles. The Labute approximate surface area is 189 Å². The second kappa shape index (κ2) is 9.20. The molecular formula is C21H21Cl2N5OS. The van der Waals surface area contributed by atoms with Crippen LogP contribution in [-0.2, 0) is 11.2 Å². The Kier molecular flexibility index (Phi) is 6.41. The van der Waals surface area contributed by atoms with E-state index >= 15 is 0 Å². The van der Waals surface area contributed by atoms with Crippen LogP contribution >= 0.6 is 34.5 Å². The van der Waals surface area contributed by atoms with Crippen molar-refractivity contribution in [3.05, 3.63) is 63.2 Å². The molecule has 9 heteroatoms. The van der Waals surface area contributed by atoms with Crippen molar-refractivity contribution in [1.82, 2.24) is 14.9 Å². The number of thiazole rings is 1. The number of carbonyl (C=O) groups excluding carboxylic acids is 1. The highest BCUT2D eigenvalue weighted by Gasteiger charge is 2.23. The zero-order valence-electron chi connectivity index (χ0n) is 16.4. The van der Waals surface area contributed by atoms with E-state index in [9.17, 15) is 4.79 Å². The molecule has 6 nitrogen and oxygen atoms in total. The molecule has 2 aromatic heterocycles. The Morgan fingerprint density at radius 3 is 2.77 bits per heavy atom. The average molecular weight is 462 g/mol. The Morgan fingerprint density at radius 2 is 2.00 bits per heavy atom. The number of benzene rings is 1. The summed E-state index contributed by atoms with van der Waals surface area (Å²) >= 11 is 13.9. The molecule has 0 radical (unpaired) electrons. The number of amides is 1. The molecule has 0 atom stereocenters. The van der Waals surface area contributed by atoms with Crippen molar-refractivity contribution in [2.24, 2.45) is 0 Å². The molecule has 156 valence electrons. The van der Waals surface area contributed by atoms with Crippen LogP contribution in [0.15, 0.2) is 41.9 Å². The molecule has 1 aliphatic heterocycles. The van der Waals surface area contributed by atoms with E-state index in [0.717, 1.165) is 27.9 Å². The van der Waals surface area contributed by atoms with Gasteiger partial charge in [0.1, 0.15) is 5.82 Å². The fourth-order valence-corrected chi connectivity index (χ4v) is 4.49. The molecule has 0 spiro atoms. The summed E-state index contributed by atoms with van der Waals surface area (Å²) in [7, 11) is 0. The summed E-state index contributed by atoms with van der Waals surface area (Å²) in [5, 5.41) is 6.94. The van der Waals surface area contributed by atoms with Gasteiger partial charge in [-0.1, -0.05) is 29.3 Å². The van der Waals surface area contributed by atoms with Gasteiger partial charge in [-0.15, -0.1) is 11.3 Å². The monoisotopic (exact) mass is 461 g/mol. The number of hydrogen-bond donors (Lipinski definition) is 1. The Hall–Kier alpha value is -2.35. The van der Waals surface area contributed by atoms with E-state index in [0.29, 0.717) is 36.2 Å². The van der Waals surface area contributed by atoms with Gasteiger partial charge in [-0.25, -0.2) is 9.97 Å². The molecule has 0 aliphatic carbocycles. The van der Waals surface area contributed by atoms with Crippen LogP contribution in [-0.4, -0.2) is 47.0 Å². The van der Waals surface area contributed by atoms with Crippen molar-refractivity contribution in [3.8, 4) is 0 Å². The maximum Gasteiger partial charge on any atom is 0.228 e. The highest BCUT2D eigenvalue weighted by molar-refractivity contribution is 7.13. The van der Waals surface area contributed by atoms with Crippen LogP contribution in [0.3, 0.4) is 0 Å². The number of nitrogens with one attached hydrogen (secondary N) is 1. The number of halogens is 2. The topological polar surface area (TPSA) is 61.4 Å². The third kappa shape index (κ3) is 4.86. The molecule has 0 unspecified atom stereocenters. The second-order valence-electron chi connectivity index (χ2n) is 7.10. The lowest BCUT2D eigenvalue weighted by molar-refractivity contribution is -0.130. The number of aromatic nitrogens is 2. The van der Waals surface area contributed by atoms with Crippen molar-refractivity contribution >= 4 is 57.1 Å². The van der Waals surface area contributed by atoms with Crippen molar-refractivity contribution in [3.63, 3.8) is 0 Å². The first-order chi connectivity index (χ1) is 14.5. The smallest absolute Gasteiger partial charge is 0.228 e. The van der Waals surface area contributed by atoms with Crippen LogP contribution in [0.2, 0.25) is 10.0 Å². The van der Waals surface area contributed by atoms with Gasteiger partial charge >= 0.3 is 0 Å². The molecule has 3 heterocycles. The van der Waals surface area contributed by atoms with E-state index in [1.54, 1.807) is 12.3 Å². The molecule has 1 aromatic carbocycles. The lowest BCUT2D eigenvalue weighted by atomic mass is 10.2. The summed E-state index contributed by atoms with van der Waals surface area (Å²) < 4.78 is 0. The summed E-state index contributed by atoms with van der Waals surface area (Å²) in [6.45, 7) is 4.73. The zero-order valence-corrected chi connectivity index (χ0v) is 18.8. The van der Waals surface area contributed by atoms with E-state index < -0.39 is 0 Å². The lowest BCUT2D eigenvalue weighted by Crippen LogP contribution is -2.49. The summed E-state index contributed by atoms with van der Waals surface area (Å²) in [5.74, 6) is 0.829. The first-order valence-electron chi connectivity index (χ1n) is 9.60. The van der Waals surface area contributed by atoms with Gasteiger partial charge in [-0.3, -0.25) is 4.79 Å². The fourth-order valence-electron chi connectivity index (χ4n) is 3.36. The van der Waals surface area contributed by atoms with Crippen LogP contribution in [0.25, 0.3) is 0 Å². The van der Waals surface area contributed by atoms with E-state index in [-0.39, 0.29) is 12.3 Å². The minimum Gasteiger partial charge on any atom is -0.367 e. The van der Waals surface area contributed by atoms with E-state index in [4.69, 9.17) is 23.2 Å². The molecule has 1 N–H and O–H groups in total. The fraction of sp³-hybridized carbons (Fsp3) is 0.286. The second-order valence-corrected chi connectivity index (χ2v) is 8.75. The van der Waals surface area contributed by atoms with Gasteiger partial charge in [0.2, 0.25) is 5.91 Å². The standard InChI is InChI=1S/C21H21Cl2N5OS/c1-14-5-6-24-18(11-14)26-21-25-15(13-30-21)12-19(29)28-9-7-27(8-10-28)17-4-2-3-16(22)20(17)23/h2-6,11,13H,7-10,12H2,1H3,(H,24,25,26). The van der Waals surface area contributed by atoms with Crippen LogP contribution in [0.5, 0.6) is 0 Å². The molecule has 0 saturated carbocycles. The van der Waals surface area contributed by atoms with Crippen molar-refractivity contribution in [2.75, 3.05) is 36.4 Å². The number of rotatable bonds is 5. The van der Waals surface area contributed by atoms with Gasteiger partial charge in [-0.05, 0) is 36.8 Å². The number of aryl methyl sites for hydroxylation is 1. The average Bonchev–Trinajstić information content (AvgIpc) is 3.17. The minimum absolute atomic E-state index is 0.0809. The van der Waals surface area contributed by atoms with Gasteiger partial charge in [0.25, 0.3) is 0 Å². The molecule has 1 fully saturated rings. The summed E-state index contributed by atoms with van der Waals surface area (Å²) in [6, 6.07) is 9.52. The van der Waals surface area contributed by atoms with Crippen LogP contribution < -0.4 is 10.2 Å². The predicted octanol–water partition coefficient (Wildman–Crippen LogP) is 4.79. The van der Waals surface area contributed by atoms with Gasteiger partial charge in [-0.2, -0.15) is 0 Å². The van der Waals surface area contributed by atoms with Crippen molar-refractivity contribution in [2.45, 2.75) is 13.3 Å². The molecule has 4 rings (SSSR count). The lowest BCUT2D eigenvalue weighted by Gasteiger charge is -2.36. The Bertz CT molecular complexity index is 1050. The number of pyridine rings is 1. The zero-order chi connectivity index (χ0) is 21.1. The van der Waals surface area contributed by atoms with E-state index in [2.05, 4.69) is 20.2 Å². The van der Waals surface area contributed by atoms with E-state index in [1.165, 1.54) is 11.3 Å². The highest BCUT2D eigenvalue weighted by Crippen LogP contribution is 2.33. The van der Waals surface area contributed by atoms with Crippen molar-refractivity contribution < 1.29 is 4.79 Å². The highest BCUT2D eigenvalue weighted by atomic mass is 35.5. The van der Waals surface area contributed by atoms with Crippen LogP contribution in [0, 0.1) is 6.92 Å². The number of piperazine rings is 1. The number of hydrogen-bond acceptors (Lipinski definition) is 6. The first-order valence-corrected chi connectivity index (χ1v) is 11.2. The summed E-state index contributed by atoms with van der Waals surface area (Å²) in [6.07, 6.45) is 2.04. The molecule has 1 amide bonds. The normalized spacial score (nSPS) is 14.1. The van der Waals surface area contributed by atoms with Crippen LogP contribution in [0.4, 0.5) is 16.6 Å². The summed E-state index contributed by atoms with van der Waals surface area (Å²) in [5.41, 5.74) is 2.80. The van der Waals surface area contributed by atoms with Crippen molar-refractivity contribution in [1.29, 1.82) is 0 Å². The number of carbonyl (C=O) groups is 1. The third-order valence-corrected chi connectivity index (χ3v) is 6.55. The quantitative estimate of drug-likeness (QED) is 0.591. The summed E-state index contributed by atoms with van der Waals surface area (Å²) in [4.78, 5) is 25.6. The predicted molar refractivity (Wildman–Crippen MR) is 123 cm³/mol. The van der Waals surface area contributed by atoms with Crippen LogP contribution in [0.1, 0.15) is 11.3 Å². The number of anilines is 3. The molecule has 3 aromatic rings. The molecule has 0 bridgehead atoms. The molecule has 30 heavy (non-hydrogen) atoms. The first kappa shape index (κ1) is 20.9. The van der Waals surface area contributed by atoms with Gasteiger partial charge in [0, 0.05) is 37.8 Å². The third-order valence-electron chi connectivity index (χ3n) is 4.94. The van der Waals surface area contributed by atoms with E-state index in [1.807, 2.05) is 41.5 Å². The largest absolute Gasteiger partial charge is 0.367 e. The SMILES string of the molecule is Cc1ccnc(Nc2nc(CC(=O)N3CCN(c4cccc(Cl)c4Cl)CC3)cs2)c1. The molecule has 1 aliphatic rings. The molecular weight excluding hydrogens is 441 g/mol. The van der Waals surface area contributed by atoms with Gasteiger partial charge in [0.15, 0.2) is 5.13 Å². The maximum absolute atomic E-state index is 12.7. The Morgan fingerprint density at radius 1 is 1.20 bits per heavy atom. The van der Waals surface area contributed by atoms with Gasteiger partial charge in [0.05, 0.1) is 27.8 Å². The minimum atomic E-state index is 0.0809. The Balaban J connectivity index is 1.32. The number of nitrogens with zero attached hydrogens (tertiary/aromatic N) is 4. The maximum atomic E-state index is 12.7. The van der Waals surface area contributed by atoms with Gasteiger partial charge < -0.3 is 15.1 Å².